The van der Waals surface area contributed by atoms with Crippen molar-refractivity contribution in [3.63, 3.8) is 0 Å². The molecule has 2 rings (SSSR count). The number of aliphatic hydroxyl groups excluding tert-OH is 1. The second-order valence-electron chi connectivity index (χ2n) is 6.25. The minimum Gasteiger partial charge on any atom is -0.393 e. The number of ether oxygens (including phenoxy) is 2. The Morgan fingerprint density at radius 1 is 1.10 bits per heavy atom. The summed E-state index contributed by atoms with van der Waals surface area (Å²) in [4.78, 5) is 0. The number of rotatable bonds is 7. The van der Waals surface area contributed by atoms with Crippen LogP contribution in [0.1, 0.15) is 58.8 Å². The van der Waals surface area contributed by atoms with Gasteiger partial charge in [-0.25, -0.2) is 0 Å². The molecule has 2 fully saturated rings. The van der Waals surface area contributed by atoms with Crippen LogP contribution in [0.25, 0.3) is 0 Å². The fraction of sp³-hybridized carbons (Fsp3) is 1.00. The van der Waals surface area contributed by atoms with Gasteiger partial charge in [-0.15, -0.1) is 0 Å². The Balaban J connectivity index is 0.00000200. The minimum atomic E-state index is -0.122. The summed E-state index contributed by atoms with van der Waals surface area (Å²) >= 11 is 0. The molecule has 0 amide bonds. The Morgan fingerprint density at radius 3 is 2.40 bits per heavy atom. The molecule has 0 spiro atoms. The Labute approximate surface area is 159 Å². The third kappa shape index (κ3) is 5.51. The predicted molar refractivity (Wildman–Crippen MR) is 75.8 cm³/mol. The van der Waals surface area contributed by atoms with Gasteiger partial charge >= 0.3 is 0 Å². The third-order valence-corrected chi connectivity index (χ3v) is 5.07. The molecule has 0 aromatic heterocycles. The average molecular weight is 497 g/mol. The van der Waals surface area contributed by atoms with Crippen molar-refractivity contribution in [1.82, 2.24) is 0 Å². The van der Waals surface area contributed by atoms with Crippen LogP contribution >= 0.6 is 0 Å². The van der Waals surface area contributed by atoms with E-state index < -0.39 is 0 Å². The first-order valence-corrected chi connectivity index (χ1v) is 8.15. The molecule has 1 aliphatic heterocycles. The summed E-state index contributed by atoms with van der Waals surface area (Å²) in [6, 6.07) is 0. The molecule has 0 aromatic carbocycles. The molecular weight excluding hydrogens is 467 g/mol. The number of aliphatic hydroxyl groups is 1. The summed E-state index contributed by atoms with van der Waals surface area (Å²) < 4.78 is 10.9. The van der Waals surface area contributed by atoms with E-state index >= 15 is 0 Å². The van der Waals surface area contributed by atoms with Gasteiger partial charge in [0, 0.05) is 44.1 Å². The van der Waals surface area contributed by atoms with Crippen LogP contribution in [0.5, 0.6) is 0 Å². The first kappa shape index (κ1) is 19.4. The van der Waals surface area contributed by atoms with E-state index in [9.17, 15) is 5.11 Å². The fourth-order valence-electron chi connectivity index (χ4n) is 3.83. The van der Waals surface area contributed by atoms with Crippen molar-refractivity contribution in [1.29, 1.82) is 0 Å². The summed E-state index contributed by atoms with van der Waals surface area (Å²) in [6.45, 7) is 6.00. The van der Waals surface area contributed by atoms with Crippen molar-refractivity contribution in [2.24, 2.45) is 17.8 Å². The van der Waals surface area contributed by atoms with Gasteiger partial charge in [0.2, 0.25) is 0 Å². The molecule has 115 valence electrons. The summed E-state index contributed by atoms with van der Waals surface area (Å²) in [5, 5.41) is 10.5. The predicted octanol–water partition coefficient (Wildman–Crippen LogP) is 3.35. The maximum Gasteiger partial charge on any atom is 0.157 e. The summed E-state index contributed by atoms with van der Waals surface area (Å²) in [7, 11) is 0. The topological polar surface area (TPSA) is 38.7 Å². The minimum absolute atomic E-state index is 0. The second kappa shape index (κ2) is 10.2. The van der Waals surface area contributed by atoms with E-state index in [2.05, 4.69) is 13.8 Å². The largest absolute Gasteiger partial charge is 0.393 e. The quantitative estimate of drug-likeness (QED) is 0.587. The fourth-order valence-corrected chi connectivity index (χ4v) is 3.83. The number of hydrogen-bond acceptors (Lipinski definition) is 3. The van der Waals surface area contributed by atoms with E-state index in [0.29, 0.717) is 5.92 Å². The molecule has 1 saturated carbocycles. The van der Waals surface area contributed by atoms with Crippen LogP contribution in [-0.2, 0) is 9.47 Å². The van der Waals surface area contributed by atoms with Crippen LogP contribution in [0.3, 0.4) is 0 Å². The average Bonchev–Trinajstić information content (AvgIpc) is 3.07. The summed E-state index contributed by atoms with van der Waals surface area (Å²) in [6.07, 6.45) is 7.74. The zero-order chi connectivity index (χ0) is 13.7. The van der Waals surface area contributed by atoms with E-state index in [-0.39, 0.29) is 56.5 Å². The van der Waals surface area contributed by atoms with Crippen molar-refractivity contribution in [2.75, 3.05) is 13.2 Å². The van der Waals surface area contributed by atoms with Crippen LogP contribution in [0.15, 0.2) is 0 Å². The third-order valence-electron chi connectivity index (χ3n) is 5.07. The monoisotopic (exact) mass is 497 g/mol. The SMILES string of the molecule is CCC1CC(CC)C(C(O)CCCC2OCCO2)C1.[Ac]. The molecule has 20 heavy (non-hydrogen) atoms. The summed E-state index contributed by atoms with van der Waals surface area (Å²) in [5.74, 6) is 2.10. The molecule has 2 aliphatic rings. The zero-order valence-electron chi connectivity index (χ0n) is 13.1. The van der Waals surface area contributed by atoms with Crippen LogP contribution in [0.4, 0.5) is 0 Å². The first-order valence-electron chi connectivity index (χ1n) is 8.15. The van der Waals surface area contributed by atoms with E-state index in [1.165, 1.54) is 25.7 Å². The maximum absolute atomic E-state index is 10.5. The van der Waals surface area contributed by atoms with E-state index in [1.54, 1.807) is 0 Å². The van der Waals surface area contributed by atoms with Crippen molar-refractivity contribution in [2.45, 2.75) is 71.2 Å². The summed E-state index contributed by atoms with van der Waals surface area (Å²) in [5.41, 5.74) is 0. The normalized spacial score (nSPS) is 32.2. The van der Waals surface area contributed by atoms with Gasteiger partial charge in [0.05, 0.1) is 19.3 Å². The molecule has 4 atom stereocenters. The molecule has 1 heterocycles. The van der Waals surface area contributed by atoms with Crippen LogP contribution in [-0.4, -0.2) is 30.7 Å². The van der Waals surface area contributed by atoms with Crippen LogP contribution in [0, 0.1) is 61.8 Å². The van der Waals surface area contributed by atoms with Crippen molar-refractivity contribution in [3.05, 3.63) is 0 Å². The van der Waals surface area contributed by atoms with Crippen molar-refractivity contribution in [3.8, 4) is 0 Å². The van der Waals surface area contributed by atoms with Gasteiger partial charge in [-0.05, 0) is 49.9 Å². The molecule has 1 aliphatic carbocycles. The smallest absolute Gasteiger partial charge is 0.157 e. The van der Waals surface area contributed by atoms with E-state index in [1.807, 2.05) is 0 Å². The Hall–Kier alpha value is 1.32. The second-order valence-corrected chi connectivity index (χ2v) is 6.25. The standard InChI is InChI=1S/C16H30O3.Ac/c1-3-12-10-13(4-2)14(11-12)15(17)6-5-7-16-18-8-9-19-16;/h12-17H,3-11H2,1-2H3;. The molecule has 0 bridgehead atoms. The first-order chi connectivity index (χ1) is 9.24. The molecule has 4 heteroatoms. The number of hydrogen-bond donors (Lipinski definition) is 1. The Morgan fingerprint density at radius 2 is 1.80 bits per heavy atom. The van der Waals surface area contributed by atoms with Gasteiger partial charge in [0.1, 0.15) is 0 Å². The van der Waals surface area contributed by atoms with Crippen molar-refractivity contribution >= 4 is 0 Å². The zero-order valence-corrected chi connectivity index (χ0v) is 17.8. The van der Waals surface area contributed by atoms with Crippen LogP contribution < -0.4 is 0 Å². The Bertz CT molecular complexity index is 256. The molecule has 3 nitrogen and oxygen atoms in total. The van der Waals surface area contributed by atoms with Gasteiger partial charge in [-0.1, -0.05) is 26.7 Å². The maximum atomic E-state index is 10.5. The Kier molecular flexibility index (Phi) is 9.84. The van der Waals surface area contributed by atoms with Gasteiger partial charge in [0.25, 0.3) is 0 Å². The molecule has 4 unspecified atom stereocenters. The van der Waals surface area contributed by atoms with Crippen LogP contribution in [0.2, 0.25) is 0 Å². The molecule has 1 saturated heterocycles. The van der Waals surface area contributed by atoms with Crippen molar-refractivity contribution < 1.29 is 58.6 Å². The van der Waals surface area contributed by atoms with E-state index in [4.69, 9.17) is 9.47 Å². The van der Waals surface area contributed by atoms with Gasteiger partial charge in [0.15, 0.2) is 6.29 Å². The van der Waals surface area contributed by atoms with Gasteiger partial charge < -0.3 is 14.6 Å². The molecule has 0 aromatic rings. The molecule has 1 N–H and O–H groups in total. The van der Waals surface area contributed by atoms with Gasteiger partial charge in [-0.3, -0.25) is 0 Å². The molecule has 1 radical (unpaired) electrons. The van der Waals surface area contributed by atoms with Gasteiger partial charge in [-0.2, -0.15) is 0 Å². The molecular formula is C16H30AcO3. The van der Waals surface area contributed by atoms with E-state index in [0.717, 1.165) is 44.3 Å².